The van der Waals surface area contributed by atoms with Gasteiger partial charge in [-0.05, 0) is 17.5 Å². The lowest BCUT2D eigenvalue weighted by molar-refractivity contribution is -0.142. The molecule has 1 aromatic carbocycles. The minimum atomic E-state index is -0.609. The number of rotatable bonds is 5. The molecule has 0 aliphatic heterocycles. The Morgan fingerprint density at radius 1 is 1.38 bits per heavy atom. The summed E-state index contributed by atoms with van der Waals surface area (Å²) in [7, 11) is 2.98. The van der Waals surface area contributed by atoms with E-state index in [9.17, 15) is 4.79 Å². The van der Waals surface area contributed by atoms with Crippen molar-refractivity contribution in [3.05, 3.63) is 35.4 Å². The van der Waals surface area contributed by atoms with E-state index >= 15 is 0 Å². The van der Waals surface area contributed by atoms with Crippen molar-refractivity contribution >= 4 is 5.97 Å². The Morgan fingerprint density at radius 2 is 2.06 bits per heavy atom. The highest BCUT2D eigenvalue weighted by Gasteiger charge is 2.14. The fraction of sp³-hybridized carbons (Fsp3) is 0.417. The quantitative estimate of drug-likeness (QED) is 0.753. The standard InChI is InChI=1S/C12H17NO3/c1-15-8-10-5-3-4-9(6-10)7-11(13)12(14)16-2/h3-6,11H,7-8,13H2,1-2H3. The van der Waals surface area contributed by atoms with Gasteiger partial charge in [-0.2, -0.15) is 0 Å². The van der Waals surface area contributed by atoms with E-state index < -0.39 is 12.0 Å². The molecule has 1 unspecified atom stereocenters. The van der Waals surface area contributed by atoms with Gasteiger partial charge in [-0.1, -0.05) is 24.3 Å². The molecule has 0 spiro atoms. The molecule has 4 nitrogen and oxygen atoms in total. The molecule has 4 heteroatoms. The topological polar surface area (TPSA) is 61.5 Å². The average molecular weight is 223 g/mol. The number of hydrogen-bond donors (Lipinski definition) is 1. The molecule has 1 aromatic rings. The van der Waals surface area contributed by atoms with Gasteiger partial charge in [0.2, 0.25) is 0 Å². The van der Waals surface area contributed by atoms with Crippen molar-refractivity contribution in [3.63, 3.8) is 0 Å². The molecule has 0 saturated carbocycles. The molecule has 0 aliphatic rings. The van der Waals surface area contributed by atoms with Gasteiger partial charge in [0.25, 0.3) is 0 Å². The predicted molar refractivity (Wildman–Crippen MR) is 60.9 cm³/mol. The summed E-state index contributed by atoms with van der Waals surface area (Å²) in [5.41, 5.74) is 7.75. The molecule has 1 atom stereocenters. The Kier molecular flexibility index (Phi) is 4.95. The Balaban J connectivity index is 2.66. The van der Waals surface area contributed by atoms with Gasteiger partial charge in [0.15, 0.2) is 0 Å². The molecule has 0 fully saturated rings. The molecule has 2 N–H and O–H groups in total. The van der Waals surface area contributed by atoms with Gasteiger partial charge < -0.3 is 15.2 Å². The van der Waals surface area contributed by atoms with Crippen LogP contribution in [0.1, 0.15) is 11.1 Å². The first-order chi connectivity index (χ1) is 7.67. The van der Waals surface area contributed by atoms with Crippen LogP contribution in [0.3, 0.4) is 0 Å². The smallest absolute Gasteiger partial charge is 0.322 e. The van der Waals surface area contributed by atoms with E-state index in [-0.39, 0.29) is 0 Å². The second-order valence-corrected chi connectivity index (χ2v) is 3.59. The second-order valence-electron chi connectivity index (χ2n) is 3.59. The summed E-state index contributed by atoms with van der Waals surface area (Å²) < 4.78 is 9.61. The van der Waals surface area contributed by atoms with E-state index in [0.717, 1.165) is 11.1 Å². The van der Waals surface area contributed by atoms with E-state index in [1.54, 1.807) is 7.11 Å². The van der Waals surface area contributed by atoms with Crippen molar-refractivity contribution in [3.8, 4) is 0 Å². The Bertz CT molecular complexity index is 352. The average Bonchev–Trinajstić information content (AvgIpc) is 2.29. The number of benzene rings is 1. The maximum Gasteiger partial charge on any atom is 0.322 e. The molecule has 1 rings (SSSR count). The zero-order valence-corrected chi connectivity index (χ0v) is 9.60. The van der Waals surface area contributed by atoms with Crippen LogP contribution in [-0.2, 0) is 27.3 Å². The van der Waals surface area contributed by atoms with E-state index in [2.05, 4.69) is 4.74 Å². The summed E-state index contributed by atoms with van der Waals surface area (Å²) in [4.78, 5) is 11.2. The summed E-state index contributed by atoms with van der Waals surface area (Å²) in [5, 5.41) is 0. The van der Waals surface area contributed by atoms with Crippen molar-refractivity contribution in [2.75, 3.05) is 14.2 Å². The van der Waals surface area contributed by atoms with Crippen molar-refractivity contribution < 1.29 is 14.3 Å². The van der Waals surface area contributed by atoms with Gasteiger partial charge in [0.05, 0.1) is 13.7 Å². The van der Waals surface area contributed by atoms with E-state index in [1.807, 2.05) is 24.3 Å². The van der Waals surface area contributed by atoms with Crippen LogP contribution >= 0.6 is 0 Å². The predicted octanol–water partition coefficient (Wildman–Crippen LogP) is 0.876. The van der Waals surface area contributed by atoms with Crippen LogP contribution in [-0.4, -0.2) is 26.2 Å². The van der Waals surface area contributed by atoms with E-state index in [1.165, 1.54) is 7.11 Å². The highest BCUT2D eigenvalue weighted by molar-refractivity contribution is 5.75. The SMILES string of the molecule is COCc1cccc(CC(N)C(=O)OC)c1. The number of hydrogen-bond acceptors (Lipinski definition) is 4. The first-order valence-corrected chi connectivity index (χ1v) is 5.07. The summed E-state index contributed by atoms with van der Waals surface area (Å²) in [5.74, 6) is -0.392. The van der Waals surface area contributed by atoms with Crippen molar-refractivity contribution in [1.82, 2.24) is 0 Å². The maximum atomic E-state index is 11.2. The number of methoxy groups -OCH3 is 2. The third kappa shape index (κ3) is 3.64. The van der Waals surface area contributed by atoms with Gasteiger partial charge in [-0.3, -0.25) is 4.79 Å². The highest BCUT2D eigenvalue weighted by Crippen LogP contribution is 2.08. The third-order valence-corrected chi connectivity index (χ3v) is 2.26. The fourth-order valence-electron chi connectivity index (χ4n) is 1.50. The molecule has 0 heterocycles. The Labute approximate surface area is 95.3 Å². The van der Waals surface area contributed by atoms with Gasteiger partial charge in [0.1, 0.15) is 6.04 Å². The minimum absolute atomic E-state index is 0.392. The van der Waals surface area contributed by atoms with Crippen LogP contribution in [0.4, 0.5) is 0 Å². The highest BCUT2D eigenvalue weighted by atomic mass is 16.5. The molecule has 0 aliphatic carbocycles. The van der Waals surface area contributed by atoms with Gasteiger partial charge in [-0.15, -0.1) is 0 Å². The third-order valence-electron chi connectivity index (χ3n) is 2.26. The van der Waals surface area contributed by atoms with Crippen molar-refractivity contribution in [2.24, 2.45) is 5.73 Å². The van der Waals surface area contributed by atoms with Crippen LogP contribution in [0.25, 0.3) is 0 Å². The number of carbonyl (C=O) groups is 1. The molecule has 88 valence electrons. The summed E-state index contributed by atoms with van der Waals surface area (Å²) in [6.45, 7) is 0.557. The van der Waals surface area contributed by atoms with Crippen LogP contribution < -0.4 is 5.73 Å². The summed E-state index contributed by atoms with van der Waals surface area (Å²) >= 11 is 0. The monoisotopic (exact) mass is 223 g/mol. The molecular weight excluding hydrogens is 206 g/mol. The molecule has 0 aromatic heterocycles. The molecule has 16 heavy (non-hydrogen) atoms. The Hall–Kier alpha value is -1.39. The van der Waals surface area contributed by atoms with Crippen LogP contribution in [0.2, 0.25) is 0 Å². The first-order valence-electron chi connectivity index (χ1n) is 5.07. The van der Waals surface area contributed by atoms with Crippen LogP contribution in [0, 0.1) is 0 Å². The molecular formula is C12H17NO3. The van der Waals surface area contributed by atoms with Crippen LogP contribution in [0.15, 0.2) is 24.3 Å². The lowest BCUT2D eigenvalue weighted by atomic mass is 10.0. The van der Waals surface area contributed by atoms with Crippen molar-refractivity contribution in [2.45, 2.75) is 19.1 Å². The largest absolute Gasteiger partial charge is 0.468 e. The minimum Gasteiger partial charge on any atom is -0.468 e. The molecule has 0 radical (unpaired) electrons. The molecule has 0 amide bonds. The number of carbonyl (C=O) groups excluding carboxylic acids is 1. The number of nitrogens with two attached hydrogens (primary N) is 1. The fourth-order valence-corrected chi connectivity index (χ4v) is 1.50. The summed E-state index contributed by atoms with van der Waals surface area (Å²) in [6, 6.07) is 7.20. The second kappa shape index (κ2) is 6.25. The van der Waals surface area contributed by atoms with Gasteiger partial charge >= 0.3 is 5.97 Å². The van der Waals surface area contributed by atoms with Crippen molar-refractivity contribution in [1.29, 1.82) is 0 Å². The maximum absolute atomic E-state index is 11.2. The van der Waals surface area contributed by atoms with Gasteiger partial charge in [-0.25, -0.2) is 0 Å². The van der Waals surface area contributed by atoms with Gasteiger partial charge in [0, 0.05) is 7.11 Å². The normalized spacial score (nSPS) is 12.2. The lowest BCUT2D eigenvalue weighted by Crippen LogP contribution is -2.33. The lowest BCUT2D eigenvalue weighted by Gasteiger charge is -2.10. The number of ether oxygens (including phenoxy) is 2. The molecule has 0 saturated heterocycles. The van der Waals surface area contributed by atoms with E-state index in [4.69, 9.17) is 10.5 Å². The Morgan fingerprint density at radius 3 is 2.69 bits per heavy atom. The summed E-state index contributed by atoms with van der Waals surface area (Å²) in [6.07, 6.45) is 0.476. The van der Waals surface area contributed by atoms with E-state index in [0.29, 0.717) is 13.0 Å². The first kappa shape index (κ1) is 12.7. The van der Waals surface area contributed by atoms with Crippen LogP contribution in [0.5, 0.6) is 0 Å². The zero-order chi connectivity index (χ0) is 12.0. The number of esters is 1. The zero-order valence-electron chi connectivity index (χ0n) is 9.60. The molecule has 0 bridgehead atoms.